The van der Waals surface area contributed by atoms with Crippen molar-refractivity contribution in [2.24, 2.45) is 5.92 Å². The molecule has 0 aliphatic carbocycles. The van der Waals surface area contributed by atoms with E-state index in [-0.39, 0.29) is 12.0 Å². The monoisotopic (exact) mass is 262 g/mol. The van der Waals surface area contributed by atoms with E-state index in [1.807, 2.05) is 24.0 Å². The maximum absolute atomic E-state index is 12.5. The number of ether oxygens (including phenoxy) is 1. The number of anilines is 1. The van der Waals surface area contributed by atoms with Crippen LogP contribution in [0.25, 0.3) is 0 Å². The number of para-hydroxylation sites is 1. The van der Waals surface area contributed by atoms with Gasteiger partial charge < -0.3 is 15.4 Å². The van der Waals surface area contributed by atoms with Crippen LogP contribution in [0.3, 0.4) is 0 Å². The second-order valence-electron chi connectivity index (χ2n) is 5.33. The number of nitrogens with two attached hydrogens (primary N) is 1. The summed E-state index contributed by atoms with van der Waals surface area (Å²) in [7, 11) is 1.70. The van der Waals surface area contributed by atoms with Crippen LogP contribution in [0.15, 0.2) is 18.2 Å². The van der Waals surface area contributed by atoms with E-state index in [1.165, 1.54) is 0 Å². The number of nitrogen functional groups attached to an aromatic ring is 1. The van der Waals surface area contributed by atoms with Crippen molar-refractivity contribution in [3.05, 3.63) is 29.3 Å². The number of rotatable bonds is 2. The molecule has 0 radical (unpaired) electrons. The molecule has 1 amide bonds. The molecule has 0 bridgehead atoms. The van der Waals surface area contributed by atoms with E-state index in [1.54, 1.807) is 13.2 Å². The lowest BCUT2D eigenvalue weighted by molar-refractivity contribution is -0.00153. The molecule has 1 aromatic carbocycles. The summed E-state index contributed by atoms with van der Waals surface area (Å²) >= 11 is 0. The quantitative estimate of drug-likeness (QED) is 0.830. The number of piperidine rings is 1. The van der Waals surface area contributed by atoms with Gasteiger partial charge in [0.25, 0.3) is 5.91 Å². The maximum atomic E-state index is 12.5. The second kappa shape index (κ2) is 5.61. The Hall–Kier alpha value is -1.55. The Balaban J connectivity index is 2.18. The fraction of sp³-hybridized carbons (Fsp3) is 0.533. The van der Waals surface area contributed by atoms with Crippen molar-refractivity contribution >= 4 is 11.6 Å². The summed E-state index contributed by atoms with van der Waals surface area (Å²) in [6.45, 7) is 5.50. The SMILES string of the molecule is COC1CN(C(=O)c2cccc(C)c2N)CCC1C. The van der Waals surface area contributed by atoms with Crippen molar-refractivity contribution in [1.82, 2.24) is 4.90 Å². The number of benzene rings is 1. The number of hydrogen-bond acceptors (Lipinski definition) is 3. The second-order valence-corrected chi connectivity index (χ2v) is 5.33. The first-order valence-corrected chi connectivity index (χ1v) is 6.71. The van der Waals surface area contributed by atoms with Gasteiger partial charge in [-0.15, -0.1) is 0 Å². The van der Waals surface area contributed by atoms with E-state index in [4.69, 9.17) is 10.5 Å². The summed E-state index contributed by atoms with van der Waals surface area (Å²) in [5.41, 5.74) is 8.13. The molecule has 2 unspecified atom stereocenters. The van der Waals surface area contributed by atoms with E-state index in [2.05, 4.69) is 6.92 Å². The molecule has 2 N–H and O–H groups in total. The number of aryl methyl sites for hydroxylation is 1. The molecule has 1 aliphatic heterocycles. The molecule has 1 fully saturated rings. The first kappa shape index (κ1) is 13.9. The number of amides is 1. The van der Waals surface area contributed by atoms with E-state index in [0.29, 0.717) is 23.7 Å². The molecule has 4 nitrogen and oxygen atoms in total. The van der Waals surface area contributed by atoms with Crippen molar-refractivity contribution in [3.63, 3.8) is 0 Å². The van der Waals surface area contributed by atoms with Crippen LogP contribution in [-0.2, 0) is 4.74 Å². The minimum Gasteiger partial charge on any atom is -0.398 e. The predicted molar refractivity (Wildman–Crippen MR) is 76.1 cm³/mol. The van der Waals surface area contributed by atoms with Crippen LogP contribution in [0.4, 0.5) is 5.69 Å². The van der Waals surface area contributed by atoms with Crippen LogP contribution in [-0.4, -0.2) is 37.1 Å². The Morgan fingerprint density at radius 2 is 2.21 bits per heavy atom. The molecule has 1 aromatic rings. The molecule has 4 heteroatoms. The standard InChI is InChI=1S/C15H22N2O2/c1-10-7-8-17(9-13(10)19-3)15(18)12-6-4-5-11(2)14(12)16/h4-6,10,13H,7-9,16H2,1-3H3. The third-order valence-electron chi connectivity index (χ3n) is 4.03. The van der Waals surface area contributed by atoms with Gasteiger partial charge >= 0.3 is 0 Å². The van der Waals surface area contributed by atoms with Gasteiger partial charge in [0.2, 0.25) is 0 Å². The Morgan fingerprint density at radius 3 is 2.89 bits per heavy atom. The van der Waals surface area contributed by atoms with Gasteiger partial charge in [-0.1, -0.05) is 19.1 Å². The highest BCUT2D eigenvalue weighted by Crippen LogP contribution is 2.24. The number of likely N-dealkylation sites (tertiary alicyclic amines) is 1. The lowest BCUT2D eigenvalue weighted by Crippen LogP contribution is -2.46. The number of carbonyl (C=O) groups excluding carboxylic acids is 1. The van der Waals surface area contributed by atoms with Gasteiger partial charge in [0.05, 0.1) is 11.7 Å². The van der Waals surface area contributed by atoms with E-state index < -0.39 is 0 Å². The summed E-state index contributed by atoms with van der Waals surface area (Å²) in [6, 6.07) is 5.59. The van der Waals surface area contributed by atoms with Gasteiger partial charge in [-0.25, -0.2) is 0 Å². The highest BCUT2D eigenvalue weighted by molar-refractivity contribution is 5.99. The van der Waals surface area contributed by atoms with Gasteiger partial charge in [0.15, 0.2) is 0 Å². The largest absolute Gasteiger partial charge is 0.398 e. The van der Waals surface area contributed by atoms with E-state index in [9.17, 15) is 4.79 Å². The molecular formula is C15H22N2O2. The molecular weight excluding hydrogens is 240 g/mol. The van der Waals surface area contributed by atoms with Crippen LogP contribution in [0, 0.1) is 12.8 Å². The van der Waals surface area contributed by atoms with Gasteiger partial charge in [0.1, 0.15) is 0 Å². The minimum absolute atomic E-state index is 0.00940. The normalized spacial score (nSPS) is 23.4. The fourth-order valence-electron chi connectivity index (χ4n) is 2.56. The summed E-state index contributed by atoms with van der Waals surface area (Å²) in [4.78, 5) is 14.4. The average Bonchev–Trinajstić information content (AvgIpc) is 2.41. The van der Waals surface area contributed by atoms with Crippen LogP contribution in [0.5, 0.6) is 0 Å². The number of nitrogens with zero attached hydrogens (tertiary/aromatic N) is 1. The maximum Gasteiger partial charge on any atom is 0.256 e. The van der Waals surface area contributed by atoms with Gasteiger partial charge in [0, 0.05) is 25.9 Å². The third-order valence-corrected chi connectivity index (χ3v) is 4.03. The molecule has 1 heterocycles. The number of methoxy groups -OCH3 is 1. The van der Waals surface area contributed by atoms with Crippen molar-refractivity contribution in [2.75, 3.05) is 25.9 Å². The highest BCUT2D eigenvalue weighted by Gasteiger charge is 2.29. The van der Waals surface area contributed by atoms with Crippen molar-refractivity contribution in [2.45, 2.75) is 26.4 Å². The summed E-state index contributed by atoms with van der Waals surface area (Å²) in [5.74, 6) is 0.499. The predicted octanol–water partition coefficient (Wildman–Crippen LogP) is 2.07. The Kier molecular flexibility index (Phi) is 4.10. The van der Waals surface area contributed by atoms with Crippen LogP contribution >= 0.6 is 0 Å². The lowest BCUT2D eigenvalue weighted by Gasteiger charge is -2.36. The molecule has 2 atom stereocenters. The average molecular weight is 262 g/mol. The minimum atomic E-state index is 0.00940. The van der Waals surface area contributed by atoms with Crippen LogP contribution < -0.4 is 5.73 Å². The van der Waals surface area contributed by atoms with Gasteiger partial charge in [-0.3, -0.25) is 4.79 Å². The zero-order valence-electron chi connectivity index (χ0n) is 11.8. The molecule has 0 saturated carbocycles. The highest BCUT2D eigenvalue weighted by atomic mass is 16.5. The van der Waals surface area contributed by atoms with Gasteiger partial charge in [-0.2, -0.15) is 0 Å². The third kappa shape index (κ3) is 2.73. The van der Waals surface area contributed by atoms with Gasteiger partial charge in [-0.05, 0) is 30.9 Å². The number of carbonyl (C=O) groups is 1. The topological polar surface area (TPSA) is 55.6 Å². The van der Waals surface area contributed by atoms with E-state index in [0.717, 1.165) is 18.5 Å². The molecule has 19 heavy (non-hydrogen) atoms. The zero-order valence-corrected chi connectivity index (χ0v) is 11.8. The first-order chi connectivity index (χ1) is 9.04. The molecule has 104 valence electrons. The summed E-state index contributed by atoms with van der Waals surface area (Å²) in [5, 5.41) is 0. The lowest BCUT2D eigenvalue weighted by atomic mass is 9.95. The Labute approximate surface area is 114 Å². The summed E-state index contributed by atoms with van der Waals surface area (Å²) < 4.78 is 5.45. The zero-order chi connectivity index (χ0) is 14.0. The van der Waals surface area contributed by atoms with Crippen LogP contribution in [0.1, 0.15) is 29.3 Å². The number of hydrogen-bond donors (Lipinski definition) is 1. The molecule has 1 saturated heterocycles. The van der Waals surface area contributed by atoms with Crippen molar-refractivity contribution < 1.29 is 9.53 Å². The Bertz CT molecular complexity index is 473. The Morgan fingerprint density at radius 1 is 1.47 bits per heavy atom. The van der Waals surface area contributed by atoms with Crippen molar-refractivity contribution in [1.29, 1.82) is 0 Å². The molecule has 1 aliphatic rings. The van der Waals surface area contributed by atoms with Crippen molar-refractivity contribution in [3.8, 4) is 0 Å². The fourth-order valence-corrected chi connectivity index (χ4v) is 2.56. The first-order valence-electron chi connectivity index (χ1n) is 6.71. The molecule has 0 aromatic heterocycles. The molecule has 0 spiro atoms. The summed E-state index contributed by atoms with van der Waals surface area (Å²) in [6.07, 6.45) is 1.08. The smallest absolute Gasteiger partial charge is 0.256 e. The van der Waals surface area contributed by atoms with E-state index >= 15 is 0 Å². The molecule has 2 rings (SSSR count). The van der Waals surface area contributed by atoms with Crippen LogP contribution in [0.2, 0.25) is 0 Å².